The zero-order valence-electron chi connectivity index (χ0n) is 14.6. The molecule has 5 rings (SSSR count). The Labute approximate surface area is 149 Å². The minimum Gasteiger partial charge on any atom is -0.456 e. The molecule has 3 aromatic carbocycles. The number of para-hydroxylation sites is 1. The predicted octanol–water partition coefficient (Wildman–Crippen LogP) is 5.47. The second-order valence-corrected chi connectivity index (χ2v) is 7.05. The van der Waals surface area contributed by atoms with Crippen LogP contribution in [0.15, 0.2) is 59.0 Å². The maximum atomic E-state index is 6.16. The Bertz CT molecular complexity index is 1130. The van der Waals surface area contributed by atoms with Crippen LogP contribution in [0.3, 0.4) is 0 Å². The van der Waals surface area contributed by atoms with Crippen LogP contribution < -0.4 is 5.46 Å². The van der Waals surface area contributed by atoms with Gasteiger partial charge in [0.05, 0.1) is 0 Å². The number of rotatable bonds is 2. The second-order valence-electron chi connectivity index (χ2n) is 7.05. The first-order valence-electron chi connectivity index (χ1n) is 9.04. The highest BCUT2D eigenvalue weighted by Crippen LogP contribution is 2.55. The molecule has 0 fully saturated rings. The van der Waals surface area contributed by atoms with Gasteiger partial charge >= 0.3 is 0 Å². The lowest BCUT2D eigenvalue weighted by Gasteiger charge is -2.29. The lowest BCUT2D eigenvalue weighted by molar-refractivity contribution is 0.491. The fourth-order valence-corrected chi connectivity index (χ4v) is 4.83. The van der Waals surface area contributed by atoms with E-state index in [1.165, 1.54) is 33.0 Å². The summed E-state index contributed by atoms with van der Waals surface area (Å²) in [7, 11) is 6.16. The Kier molecular flexibility index (Phi) is 2.98. The van der Waals surface area contributed by atoms with Crippen LogP contribution in [-0.4, -0.2) is 7.85 Å². The average Bonchev–Trinajstić information content (AvgIpc) is 3.14. The zero-order chi connectivity index (χ0) is 17.2. The van der Waals surface area contributed by atoms with Crippen LogP contribution >= 0.6 is 0 Å². The molecule has 0 unspecified atom stereocenters. The Morgan fingerprint density at radius 3 is 2.48 bits per heavy atom. The average molecular weight is 322 g/mol. The van der Waals surface area contributed by atoms with Gasteiger partial charge in [0, 0.05) is 16.2 Å². The van der Waals surface area contributed by atoms with Gasteiger partial charge in [0.2, 0.25) is 0 Å². The number of benzene rings is 3. The van der Waals surface area contributed by atoms with Gasteiger partial charge in [0.25, 0.3) is 0 Å². The fourth-order valence-electron chi connectivity index (χ4n) is 4.83. The number of hydrogen-bond acceptors (Lipinski definition) is 1. The van der Waals surface area contributed by atoms with E-state index in [4.69, 9.17) is 12.3 Å². The summed E-state index contributed by atoms with van der Waals surface area (Å²) < 4.78 is 6.13. The SMILES string of the molecule is [B]c1ccc2c(c1)C(CC)(CC)c1ccc3oc4ccccc4c3c1-2. The smallest absolute Gasteiger partial charge is 0.136 e. The molecule has 0 saturated heterocycles. The Hall–Kier alpha value is -2.48. The van der Waals surface area contributed by atoms with Crippen molar-refractivity contribution in [1.82, 2.24) is 0 Å². The molecule has 0 atom stereocenters. The third-order valence-electron chi connectivity index (χ3n) is 6.09. The van der Waals surface area contributed by atoms with Crippen molar-refractivity contribution in [2.45, 2.75) is 32.1 Å². The van der Waals surface area contributed by atoms with Crippen molar-refractivity contribution in [3.63, 3.8) is 0 Å². The zero-order valence-corrected chi connectivity index (χ0v) is 14.6. The van der Waals surface area contributed by atoms with Gasteiger partial charge in [-0.3, -0.25) is 0 Å². The molecular formula is C23H19BO. The molecule has 1 nitrogen and oxygen atoms in total. The molecule has 0 bridgehead atoms. The van der Waals surface area contributed by atoms with Gasteiger partial charge in [-0.1, -0.05) is 61.8 Å². The van der Waals surface area contributed by atoms with Crippen LogP contribution in [0.4, 0.5) is 0 Å². The van der Waals surface area contributed by atoms with E-state index >= 15 is 0 Å². The summed E-state index contributed by atoms with van der Waals surface area (Å²) in [5.74, 6) is 0. The summed E-state index contributed by atoms with van der Waals surface area (Å²) in [6.07, 6.45) is 2.13. The molecule has 25 heavy (non-hydrogen) atoms. The van der Waals surface area contributed by atoms with Crippen molar-refractivity contribution < 1.29 is 4.42 Å². The van der Waals surface area contributed by atoms with Crippen molar-refractivity contribution in [3.05, 3.63) is 65.7 Å². The summed E-state index contributed by atoms with van der Waals surface area (Å²) in [5, 5.41) is 2.43. The van der Waals surface area contributed by atoms with Crippen LogP contribution in [0.5, 0.6) is 0 Å². The molecule has 4 aromatic rings. The van der Waals surface area contributed by atoms with E-state index in [0.29, 0.717) is 0 Å². The second kappa shape index (κ2) is 5.01. The highest BCUT2D eigenvalue weighted by molar-refractivity contribution is 6.32. The molecule has 0 spiro atoms. The Morgan fingerprint density at radius 2 is 1.68 bits per heavy atom. The Morgan fingerprint density at radius 1 is 0.880 bits per heavy atom. The lowest BCUT2D eigenvalue weighted by atomic mass is 9.73. The quantitative estimate of drug-likeness (QED) is 0.446. The summed E-state index contributed by atoms with van der Waals surface area (Å²) in [4.78, 5) is 0. The molecule has 2 radical (unpaired) electrons. The first-order chi connectivity index (χ1) is 12.2. The third-order valence-corrected chi connectivity index (χ3v) is 6.09. The van der Waals surface area contributed by atoms with Gasteiger partial charge < -0.3 is 4.42 Å². The summed E-state index contributed by atoms with van der Waals surface area (Å²) in [6, 6.07) is 19.1. The topological polar surface area (TPSA) is 13.1 Å². The van der Waals surface area contributed by atoms with Crippen molar-refractivity contribution in [2.24, 2.45) is 0 Å². The van der Waals surface area contributed by atoms with Crippen molar-refractivity contribution >= 4 is 35.2 Å². The van der Waals surface area contributed by atoms with Gasteiger partial charge in [-0.25, -0.2) is 0 Å². The molecule has 1 aliphatic rings. The molecule has 0 saturated carbocycles. The molecule has 0 amide bonds. The van der Waals surface area contributed by atoms with E-state index in [0.717, 1.165) is 29.5 Å². The van der Waals surface area contributed by atoms with Gasteiger partial charge in [-0.15, -0.1) is 0 Å². The summed E-state index contributed by atoms with van der Waals surface area (Å²) in [6.45, 7) is 4.56. The predicted molar refractivity (Wildman–Crippen MR) is 106 cm³/mol. The Balaban J connectivity index is 2.01. The standard InChI is InChI=1S/C23H19BO/c1-3-23(4-2)17-11-12-20-22(16-7-5-6-8-19(16)25-20)21(17)15-10-9-14(24)13-18(15)23/h5-13H,3-4H2,1-2H3. The highest BCUT2D eigenvalue weighted by Gasteiger charge is 2.41. The van der Waals surface area contributed by atoms with E-state index in [-0.39, 0.29) is 5.41 Å². The number of fused-ring (bicyclic) bond motifs is 7. The molecule has 1 heterocycles. The lowest BCUT2D eigenvalue weighted by Crippen LogP contribution is -2.24. The van der Waals surface area contributed by atoms with Crippen molar-refractivity contribution in [3.8, 4) is 11.1 Å². The van der Waals surface area contributed by atoms with Crippen LogP contribution in [0.25, 0.3) is 33.1 Å². The fraction of sp³-hybridized carbons (Fsp3) is 0.217. The highest BCUT2D eigenvalue weighted by atomic mass is 16.3. The molecule has 1 aromatic heterocycles. The largest absolute Gasteiger partial charge is 0.456 e. The molecule has 0 N–H and O–H groups in total. The van der Waals surface area contributed by atoms with Gasteiger partial charge in [0.15, 0.2) is 0 Å². The van der Waals surface area contributed by atoms with Gasteiger partial charge in [-0.2, -0.15) is 0 Å². The minimum atomic E-state index is 0.0343. The molecule has 1 aliphatic carbocycles. The third kappa shape index (κ3) is 1.75. The molecule has 2 heteroatoms. The summed E-state index contributed by atoms with van der Waals surface area (Å²) >= 11 is 0. The molecule has 0 aliphatic heterocycles. The van der Waals surface area contributed by atoms with E-state index < -0.39 is 0 Å². The maximum Gasteiger partial charge on any atom is 0.136 e. The van der Waals surface area contributed by atoms with E-state index in [9.17, 15) is 0 Å². The minimum absolute atomic E-state index is 0.0343. The molecular weight excluding hydrogens is 303 g/mol. The monoisotopic (exact) mass is 322 g/mol. The van der Waals surface area contributed by atoms with Crippen LogP contribution in [0.2, 0.25) is 0 Å². The normalized spacial score (nSPS) is 14.8. The van der Waals surface area contributed by atoms with Crippen LogP contribution in [0.1, 0.15) is 37.8 Å². The van der Waals surface area contributed by atoms with Gasteiger partial charge in [-0.05, 0) is 47.2 Å². The molecule has 120 valence electrons. The maximum absolute atomic E-state index is 6.16. The van der Waals surface area contributed by atoms with E-state index in [1.807, 2.05) is 18.2 Å². The number of furan rings is 1. The van der Waals surface area contributed by atoms with E-state index in [2.05, 4.69) is 50.2 Å². The summed E-state index contributed by atoms with van der Waals surface area (Å²) in [5.41, 5.74) is 8.21. The first kappa shape index (κ1) is 14.8. The van der Waals surface area contributed by atoms with Crippen molar-refractivity contribution in [1.29, 1.82) is 0 Å². The van der Waals surface area contributed by atoms with Gasteiger partial charge in [0.1, 0.15) is 19.0 Å². The number of hydrogen-bond donors (Lipinski definition) is 0. The van der Waals surface area contributed by atoms with E-state index in [1.54, 1.807) is 0 Å². The van der Waals surface area contributed by atoms with Crippen molar-refractivity contribution in [2.75, 3.05) is 0 Å². The van der Waals surface area contributed by atoms with Crippen LogP contribution in [0, 0.1) is 0 Å². The first-order valence-corrected chi connectivity index (χ1v) is 9.04. The van der Waals surface area contributed by atoms with Crippen LogP contribution in [-0.2, 0) is 5.41 Å².